The molecule has 1 aliphatic carbocycles. The molecule has 0 aliphatic heterocycles. The van der Waals surface area contributed by atoms with E-state index >= 15 is 0 Å². The van der Waals surface area contributed by atoms with E-state index < -0.39 is 6.04 Å². The second-order valence-electron chi connectivity index (χ2n) is 8.57. The number of benzene rings is 1. The molecule has 0 saturated heterocycles. The number of fused-ring (bicyclic) bond motifs is 4. The predicted octanol–water partition coefficient (Wildman–Crippen LogP) is 4.26. The van der Waals surface area contributed by atoms with Crippen LogP contribution in [0.4, 0.5) is 0 Å². The lowest BCUT2D eigenvalue weighted by Crippen LogP contribution is -2.41. The van der Waals surface area contributed by atoms with Crippen LogP contribution < -0.4 is 10.9 Å². The largest absolute Gasteiger partial charge is 0.460 e. The van der Waals surface area contributed by atoms with Gasteiger partial charge in [-0.2, -0.15) is 5.10 Å². The molecule has 5 rings (SSSR count). The summed E-state index contributed by atoms with van der Waals surface area (Å²) in [5.74, 6) is 1.35. The Kier molecular flexibility index (Phi) is 5.12. The fraction of sp³-hybridized carbons (Fsp3) is 0.400. The summed E-state index contributed by atoms with van der Waals surface area (Å²) in [6.07, 6.45) is 4.06. The van der Waals surface area contributed by atoms with Crippen LogP contribution in [0.25, 0.3) is 16.6 Å². The van der Waals surface area contributed by atoms with E-state index in [0.717, 1.165) is 36.4 Å². The van der Waals surface area contributed by atoms with Crippen molar-refractivity contribution >= 4 is 22.5 Å². The Labute approximate surface area is 186 Å². The highest BCUT2D eigenvalue weighted by atomic mass is 16.3. The normalized spacial score (nSPS) is 16.9. The Bertz CT molecular complexity index is 1380. The molecule has 166 valence electrons. The molecule has 0 saturated carbocycles. The fourth-order valence-corrected chi connectivity index (χ4v) is 4.96. The van der Waals surface area contributed by atoms with E-state index in [0.29, 0.717) is 23.9 Å². The minimum absolute atomic E-state index is 0.0369. The first-order chi connectivity index (χ1) is 15.5. The third kappa shape index (κ3) is 3.23. The Morgan fingerprint density at radius 1 is 1.25 bits per heavy atom. The lowest BCUT2D eigenvalue weighted by Gasteiger charge is -2.28. The van der Waals surface area contributed by atoms with Crippen molar-refractivity contribution in [2.45, 2.75) is 65.0 Å². The minimum Gasteiger partial charge on any atom is -0.460 e. The maximum Gasteiger partial charge on any atom is 0.291 e. The summed E-state index contributed by atoms with van der Waals surface area (Å²) in [5.41, 5.74) is 4.16. The van der Waals surface area contributed by atoms with Crippen molar-refractivity contribution in [3.8, 4) is 0 Å². The van der Waals surface area contributed by atoms with Crippen molar-refractivity contribution in [1.29, 1.82) is 0 Å². The van der Waals surface area contributed by atoms with E-state index in [-0.39, 0.29) is 17.5 Å². The maximum atomic E-state index is 13.4. The highest BCUT2D eigenvalue weighted by molar-refractivity contribution is 5.84. The SMILES string of the molecule is CCc1nn([C@@H](CC)C(=O)N[C@H]2CCCc3ccccc32)c(=O)c2cc3oc(C)cc3n12. The number of nitrogens with one attached hydrogen (secondary N) is 1. The zero-order valence-corrected chi connectivity index (χ0v) is 18.7. The minimum atomic E-state index is -0.671. The van der Waals surface area contributed by atoms with E-state index in [2.05, 4.69) is 22.5 Å². The number of rotatable bonds is 5. The van der Waals surface area contributed by atoms with Gasteiger partial charge in [-0.3, -0.25) is 14.0 Å². The van der Waals surface area contributed by atoms with Gasteiger partial charge in [-0.05, 0) is 43.7 Å². The molecule has 4 aromatic rings. The number of aromatic nitrogens is 3. The summed E-state index contributed by atoms with van der Waals surface area (Å²) in [4.78, 5) is 26.8. The first kappa shape index (κ1) is 20.5. The molecule has 1 aliphatic rings. The third-order valence-corrected chi connectivity index (χ3v) is 6.51. The molecule has 0 unspecified atom stereocenters. The molecule has 7 nitrogen and oxygen atoms in total. The first-order valence-corrected chi connectivity index (χ1v) is 11.4. The molecule has 1 aromatic carbocycles. The first-order valence-electron chi connectivity index (χ1n) is 11.4. The average molecular weight is 433 g/mol. The van der Waals surface area contributed by atoms with Gasteiger partial charge >= 0.3 is 0 Å². The molecular weight excluding hydrogens is 404 g/mol. The number of furan rings is 1. The number of hydrogen-bond acceptors (Lipinski definition) is 4. The summed E-state index contributed by atoms with van der Waals surface area (Å²) >= 11 is 0. The van der Waals surface area contributed by atoms with Crippen molar-refractivity contribution in [3.63, 3.8) is 0 Å². The van der Waals surface area contributed by atoms with Crippen LogP contribution in [0.2, 0.25) is 0 Å². The van der Waals surface area contributed by atoms with Crippen molar-refractivity contribution in [3.05, 3.63) is 69.5 Å². The predicted molar refractivity (Wildman–Crippen MR) is 123 cm³/mol. The van der Waals surface area contributed by atoms with Gasteiger partial charge in [0.05, 0.1) is 11.6 Å². The van der Waals surface area contributed by atoms with Crippen LogP contribution in [0.5, 0.6) is 0 Å². The van der Waals surface area contributed by atoms with Gasteiger partial charge in [-0.15, -0.1) is 0 Å². The molecular formula is C25H28N4O3. The van der Waals surface area contributed by atoms with Crippen LogP contribution in [-0.2, 0) is 17.6 Å². The van der Waals surface area contributed by atoms with E-state index in [1.165, 1.54) is 15.8 Å². The van der Waals surface area contributed by atoms with E-state index in [1.54, 1.807) is 6.07 Å². The molecule has 3 heterocycles. The Hall–Kier alpha value is -3.35. The van der Waals surface area contributed by atoms with Crippen LogP contribution in [0.3, 0.4) is 0 Å². The Morgan fingerprint density at radius 2 is 2.06 bits per heavy atom. The summed E-state index contributed by atoms with van der Waals surface area (Å²) < 4.78 is 8.96. The van der Waals surface area contributed by atoms with Gasteiger partial charge in [0.25, 0.3) is 5.56 Å². The monoisotopic (exact) mass is 432 g/mol. The summed E-state index contributed by atoms with van der Waals surface area (Å²) in [5, 5.41) is 7.85. The summed E-state index contributed by atoms with van der Waals surface area (Å²) in [6.45, 7) is 5.79. The second kappa shape index (κ2) is 7.97. The highest BCUT2D eigenvalue weighted by Crippen LogP contribution is 2.30. The van der Waals surface area contributed by atoms with Crippen LogP contribution in [0.15, 0.2) is 45.6 Å². The van der Waals surface area contributed by atoms with E-state index in [9.17, 15) is 9.59 Å². The number of aryl methyl sites for hydroxylation is 3. The molecule has 1 N–H and O–H groups in total. The zero-order chi connectivity index (χ0) is 22.4. The number of hydrogen-bond donors (Lipinski definition) is 1. The molecule has 2 atom stereocenters. The summed E-state index contributed by atoms with van der Waals surface area (Å²) in [6, 6.07) is 11.2. The standard InChI is InChI=1S/C25H28N4O3/c1-4-19(24(30)26-18-12-8-10-16-9-6-7-11-17(16)18)29-25(31)21-14-22-20(13-15(3)32-22)28(21)23(5-2)27-29/h6-7,9,11,13-14,18-19H,4-5,8,10,12H2,1-3H3,(H,26,30)/t18-,19-/m0/s1. The number of amides is 1. The fourth-order valence-electron chi connectivity index (χ4n) is 4.96. The van der Waals surface area contributed by atoms with Crippen molar-refractivity contribution in [2.24, 2.45) is 0 Å². The van der Waals surface area contributed by atoms with Crippen LogP contribution >= 0.6 is 0 Å². The van der Waals surface area contributed by atoms with Gasteiger partial charge < -0.3 is 9.73 Å². The molecule has 0 radical (unpaired) electrons. The lowest BCUT2D eigenvalue weighted by atomic mass is 9.87. The molecule has 1 amide bonds. The van der Waals surface area contributed by atoms with Crippen LogP contribution in [0.1, 0.15) is 67.9 Å². The maximum absolute atomic E-state index is 13.4. The lowest BCUT2D eigenvalue weighted by molar-refractivity contribution is -0.125. The molecule has 7 heteroatoms. The smallest absolute Gasteiger partial charge is 0.291 e. The van der Waals surface area contributed by atoms with Crippen LogP contribution in [0, 0.1) is 6.92 Å². The van der Waals surface area contributed by atoms with Gasteiger partial charge in [-0.25, -0.2) is 4.68 Å². The quantitative estimate of drug-likeness (QED) is 0.511. The second-order valence-corrected chi connectivity index (χ2v) is 8.57. The molecule has 0 bridgehead atoms. The van der Waals surface area contributed by atoms with Gasteiger partial charge in [0.15, 0.2) is 5.58 Å². The molecule has 0 fully saturated rings. The summed E-state index contributed by atoms with van der Waals surface area (Å²) in [7, 11) is 0. The average Bonchev–Trinajstić information content (AvgIpc) is 3.32. The molecule has 3 aromatic heterocycles. The zero-order valence-electron chi connectivity index (χ0n) is 18.7. The van der Waals surface area contributed by atoms with Crippen LogP contribution in [-0.4, -0.2) is 20.1 Å². The number of carbonyl (C=O) groups is 1. The van der Waals surface area contributed by atoms with Gasteiger partial charge in [-0.1, -0.05) is 38.1 Å². The van der Waals surface area contributed by atoms with Crippen molar-refractivity contribution in [1.82, 2.24) is 19.5 Å². The topological polar surface area (TPSA) is 81.5 Å². The Balaban J connectivity index is 1.54. The number of carbonyl (C=O) groups excluding carboxylic acids is 1. The molecule has 32 heavy (non-hydrogen) atoms. The van der Waals surface area contributed by atoms with Crippen molar-refractivity contribution < 1.29 is 9.21 Å². The van der Waals surface area contributed by atoms with Crippen molar-refractivity contribution in [2.75, 3.05) is 0 Å². The highest BCUT2D eigenvalue weighted by Gasteiger charge is 2.28. The van der Waals surface area contributed by atoms with Gasteiger partial charge in [0.2, 0.25) is 5.91 Å². The molecule has 0 spiro atoms. The van der Waals surface area contributed by atoms with Gasteiger partial charge in [0, 0.05) is 18.6 Å². The van der Waals surface area contributed by atoms with Gasteiger partial charge in [0.1, 0.15) is 23.1 Å². The Morgan fingerprint density at radius 3 is 2.84 bits per heavy atom. The van der Waals surface area contributed by atoms with E-state index in [4.69, 9.17) is 4.42 Å². The third-order valence-electron chi connectivity index (χ3n) is 6.51. The van der Waals surface area contributed by atoms with E-state index in [1.807, 2.05) is 43.4 Å². The number of nitrogens with zero attached hydrogens (tertiary/aromatic N) is 3.